The van der Waals surface area contributed by atoms with Gasteiger partial charge in [-0.15, -0.1) is 0 Å². The lowest BCUT2D eigenvalue weighted by molar-refractivity contribution is -0.121. The first-order valence-electron chi connectivity index (χ1n) is 7.27. The van der Waals surface area contributed by atoms with Crippen molar-refractivity contribution in [2.24, 2.45) is 0 Å². The second kappa shape index (κ2) is 6.98. The van der Waals surface area contributed by atoms with Gasteiger partial charge in [-0.3, -0.25) is 9.78 Å². The normalized spacial score (nSPS) is 12.0. The number of amides is 1. The number of nitrogens with one attached hydrogen (secondary N) is 1. The molecule has 2 heterocycles. The fourth-order valence-electron chi connectivity index (χ4n) is 2.39. The highest BCUT2D eigenvalue weighted by Gasteiger charge is 2.13. The molecule has 6 heteroatoms. The van der Waals surface area contributed by atoms with Crippen LogP contribution in [0.25, 0.3) is 0 Å². The predicted octanol–water partition coefficient (Wildman–Crippen LogP) is 1.88. The summed E-state index contributed by atoms with van der Waals surface area (Å²) in [4.78, 5) is 24.6. The summed E-state index contributed by atoms with van der Waals surface area (Å²) in [6.07, 6.45) is 2.70. The monoisotopic (exact) mass is 299 g/mol. The van der Waals surface area contributed by atoms with Crippen LogP contribution in [0.4, 0.5) is 5.95 Å². The second-order valence-corrected chi connectivity index (χ2v) is 5.27. The molecule has 1 amide bonds. The maximum atomic E-state index is 12.1. The van der Waals surface area contributed by atoms with Crippen LogP contribution in [0, 0.1) is 13.8 Å². The van der Waals surface area contributed by atoms with E-state index < -0.39 is 0 Å². The van der Waals surface area contributed by atoms with Crippen molar-refractivity contribution in [2.45, 2.75) is 39.7 Å². The fourth-order valence-corrected chi connectivity index (χ4v) is 2.39. The zero-order chi connectivity index (χ0) is 16.1. The molecule has 0 saturated carbocycles. The van der Waals surface area contributed by atoms with Gasteiger partial charge < -0.3 is 11.1 Å². The van der Waals surface area contributed by atoms with Crippen molar-refractivity contribution in [3.8, 4) is 0 Å². The van der Waals surface area contributed by atoms with Crippen LogP contribution in [0.15, 0.2) is 24.4 Å². The zero-order valence-corrected chi connectivity index (χ0v) is 13.1. The average Bonchev–Trinajstić information content (AvgIpc) is 2.47. The van der Waals surface area contributed by atoms with Gasteiger partial charge in [0.25, 0.3) is 0 Å². The second-order valence-electron chi connectivity index (χ2n) is 5.27. The summed E-state index contributed by atoms with van der Waals surface area (Å²) in [7, 11) is 0. The first kappa shape index (κ1) is 15.9. The maximum Gasteiger partial charge on any atom is 0.220 e. The largest absolute Gasteiger partial charge is 0.368 e. The molecule has 0 aliphatic heterocycles. The number of hydrogen-bond donors (Lipinski definition) is 2. The Labute approximate surface area is 130 Å². The number of aromatic nitrogens is 3. The quantitative estimate of drug-likeness (QED) is 0.879. The number of aryl methyl sites for hydroxylation is 2. The molecule has 2 rings (SSSR count). The van der Waals surface area contributed by atoms with Gasteiger partial charge in [-0.25, -0.2) is 9.97 Å². The van der Waals surface area contributed by atoms with Gasteiger partial charge in [0.05, 0.1) is 11.7 Å². The van der Waals surface area contributed by atoms with Crippen LogP contribution < -0.4 is 11.1 Å². The van der Waals surface area contributed by atoms with E-state index in [1.54, 1.807) is 6.20 Å². The Bertz CT molecular complexity index is 634. The molecule has 1 unspecified atom stereocenters. The first-order chi connectivity index (χ1) is 10.5. The molecule has 0 fully saturated rings. The van der Waals surface area contributed by atoms with Crippen molar-refractivity contribution >= 4 is 11.9 Å². The molecular weight excluding hydrogens is 278 g/mol. The van der Waals surface area contributed by atoms with Crippen LogP contribution in [0.5, 0.6) is 0 Å². The molecule has 0 aromatic carbocycles. The van der Waals surface area contributed by atoms with Gasteiger partial charge in [-0.2, -0.15) is 0 Å². The van der Waals surface area contributed by atoms with E-state index in [0.717, 1.165) is 22.6 Å². The molecule has 22 heavy (non-hydrogen) atoms. The fraction of sp³-hybridized carbons (Fsp3) is 0.375. The predicted molar refractivity (Wildman–Crippen MR) is 85.0 cm³/mol. The summed E-state index contributed by atoms with van der Waals surface area (Å²) in [6.45, 7) is 5.69. The standard InChI is InChI=1S/C16H21N5O/c1-10-13(11(2)21-16(17)20-10)7-8-15(22)19-12(3)14-6-4-5-9-18-14/h4-6,9,12H,7-8H2,1-3H3,(H,19,22)(H2,17,20,21). The van der Waals surface area contributed by atoms with Crippen LogP contribution in [0.2, 0.25) is 0 Å². The summed E-state index contributed by atoms with van der Waals surface area (Å²) >= 11 is 0. The summed E-state index contributed by atoms with van der Waals surface area (Å²) in [5.74, 6) is 0.251. The third kappa shape index (κ3) is 4.00. The summed E-state index contributed by atoms with van der Waals surface area (Å²) in [6, 6.07) is 5.54. The number of pyridine rings is 1. The van der Waals surface area contributed by atoms with E-state index in [1.165, 1.54) is 0 Å². The molecule has 0 bridgehead atoms. The van der Waals surface area contributed by atoms with Crippen molar-refractivity contribution < 1.29 is 4.79 Å². The van der Waals surface area contributed by atoms with E-state index in [-0.39, 0.29) is 17.9 Å². The summed E-state index contributed by atoms with van der Waals surface area (Å²) in [5, 5.41) is 2.95. The third-order valence-electron chi connectivity index (χ3n) is 3.55. The van der Waals surface area contributed by atoms with E-state index in [4.69, 9.17) is 5.73 Å². The van der Waals surface area contributed by atoms with Gasteiger partial charge in [0.2, 0.25) is 11.9 Å². The Kier molecular flexibility index (Phi) is 5.04. The van der Waals surface area contributed by atoms with Gasteiger partial charge in [0, 0.05) is 24.0 Å². The topological polar surface area (TPSA) is 93.8 Å². The lowest BCUT2D eigenvalue weighted by atomic mass is 10.1. The van der Waals surface area contributed by atoms with E-state index in [2.05, 4.69) is 20.3 Å². The molecular formula is C16H21N5O. The van der Waals surface area contributed by atoms with Gasteiger partial charge in [0.15, 0.2) is 0 Å². The Morgan fingerprint density at radius 2 is 1.95 bits per heavy atom. The lowest BCUT2D eigenvalue weighted by Gasteiger charge is -2.14. The molecule has 0 aliphatic rings. The van der Waals surface area contributed by atoms with Gasteiger partial charge in [-0.1, -0.05) is 6.07 Å². The molecule has 0 spiro atoms. The molecule has 0 saturated heterocycles. The number of carbonyl (C=O) groups excluding carboxylic acids is 1. The van der Waals surface area contributed by atoms with Crippen LogP contribution in [0.1, 0.15) is 42.0 Å². The highest BCUT2D eigenvalue weighted by Crippen LogP contribution is 2.14. The van der Waals surface area contributed by atoms with Crippen LogP contribution in [0.3, 0.4) is 0 Å². The Hall–Kier alpha value is -2.50. The number of nitrogens with zero attached hydrogens (tertiary/aromatic N) is 3. The first-order valence-corrected chi connectivity index (χ1v) is 7.27. The number of anilines is 1. The van der Waals surface area contributed by atoms with Gasteiger partial charge >= 0.3 is 0 Å². The van der Waals surface area contributed by atoms with Crippen molar-refractivity contribution in [3.05, 3.63) is 47.0 Å². The number of nitrogen functional groups attached to an aromatic ring is 1. The van der Waals surface area contributed by atoms with Crippen LogP contribution in [-0.4, -0.2) is 20.9 Å². The minimum Gasteiger partial charge on any atom is -0.368 e. The van der Waals surface area contributed by atoms with Crippen molar-refractivity contribution in [1.82, 2.24) is 20.3 Å². The molecule has 116 valence electrons. The van der Waals surface area contributed by atoms with Crippen LogP contribution >= 0.6 is 0 Å². The molecule has 0 aliphatic carbocycles. The Morgan fingerprint density at radius 1 is 1.27 bits per heavy atom. The van der Waals surface area contributed by atoms with E-state index in [1.807, 2.05) is 39.0 Å². The minimum atomic E-state index is -0.112. The van der Waals surface area contributed by atoms with E-state index in [0.29, 0.717) is 12.8 Å². The van der Waals surface area contributed by atoms with Crippen molar-refractivity contribution in [3.63, 3.8) is 0 Å². The number of hydrogen-bond acceptors (Lipinski definition) is 5. The minimum absolute atomic E-state index is 0.0196. The number of rotatable bonds is 5. The number of carbonyl (C=O) groups is 1. The SMILES string of the molecule is Cc1nc(N)nc(C)c1CCC(=O)NC(C)c1ccccn1. The molecule has 3 N–H and O–H groups in total. The Morgan fingerprint density at radius 3 is 2.55 bits per heavy atom. The smallest absolute Gasteiger partial charge is 0.220 e. The molecule has 2 aromatic heterocycles. The summed E-state index contributed by atoms with van der Waals surface area (Å²) in [5.41, 5.74) is 9.09. The molecule has 0 radical (unpaired) electrons. The number of nitrogens with two attached hydrogens (primary N) is 1. The van der Waals surface area contributed by atoms with Gasteiger partial charge in [-0.05, 0) is 44.9 Å². The van der Waals surface area contributed by atoms with Crippen molar-refractivity contribution in [1.29, 1.82) is 0 Å². The van der Waals surface area contributed by atoms with Gasteiger partial charge in [0.1, 0.15) is 0 Å². The molecule has 1 atom stereocenters. The van der Waals surface area contributed by atoms with Crippen LogP contribution in [-0.2, 0) is 11.2 Å². The lowest BCUT2D eigenvalue weighted by Crippen LogP contribution is -2.27. The highest BCUT2D eigenvalue weighted by atomic mass is 16.1. The zero-order valence-electron chi connectivity index (χ0n) is 13.1. The maximum absolute atomic E-state index is 12.1. The summed E-state index contributed by atoms with van der Waals surface area (Å²) < 4.78 is 0. The molecule has 2 aromatic rings. The van der Waals surface area contributed by atoms with E-state index >= 15 is 0 Å². The van der Waals surface area contributed by atoms with Crippen molar-refractivity contribution in [2.75, 3.05) is 5.73 Å². The average molecular weight is 299 g/mol. The Balaban J connectivity index is 1.94. The van der Waals surface area contributed by atoms with E-state index in [9.17, 15) is 4.79 Å². The third-order valence-corrected chi connectivity index (χ3v) is 3.55. The molecule has 6 nitrogen and oxygen atoms in total. The highest BCUT2D eigenvalue weighted by molar-refractivity contribution is 5.76.